The second-order valence-corrected chi connectivity index (χ2v) is 6.26. The van der Waals surface area contributed by atoms with Crippen LogP contribution in [0.5, 0.6) is 0 Å². The Labute approximate surface area is 136 Å². The number of carbonyl (C=O) groups is 1. The van der Waals surface area contributed by atoms with E-state index in [2.05, 4.69) is 16.1 Å². The molecule has 1 unspecified atom stereocenters. The lowest BCUT2D eigenvalue weighted by Crippen LogP contribution is -2.35. The molecule has 1 aliphatic heterocycles. The molecule has 1 atom stereocenters. The molecule has 23 heavy (non-hydrogen) atoms. The highest BCUT2D eigenvalue weighted by molar-refractivity contribution is 5.66. The van der Waals surface area contributed by atoms with Crippen LogP contribution in [0.2, 0.25) is 0 Å². The fourth-order valence-corrected chi connectivity index (χ4v) is 3.26. The summed E-state index contributed by atoms with van der Waals surface area (Å²) < 4.78 is 1.90. The van der Waals surface area contributed by atoms with Crippen molar-refractivity contribution in [2.24, 2.45) is 5.92 Å². The first kappa shape index (κ1) is 15.7. The standard InChI is InChI=1S/C18H23N3O2/c22-18(23)9-8-15-5-4-11-20(13-15)14-16-10-12-21(19-16)17-6-2-1-3-7-17/h1-3,6-7,10,12,15H,4-5,8-9,11,13-14H2,(H,22,23). The highest BCUT2D eigenvalue weighted by Gasteiger charge is 2.21. The van der Waals surface area contributed by atoms with E-state index in [9.17, 15) is 4.79 Å². The molecule has 0 aliphatic carbocycles. The molecule has 1 saturated heterocycles. The summed E-state index contributed by atoms with van der Waals surface area (Å²) in [6.07, 6.45) is 5.34. The minimum Gasteiger partial charge on any atom is -0.481 e. The number of likely N-dealkylation sites (tertiary alicyclic amines) is 1. The molecule has 1 N–H and O–H groups in total. The van der Waals surface area contributed by atoms with Crippen LogP contribution in [0.3, 0.4) is 0 Å². The molecule has 0 spiro atoms. The van der Waals surface area contributed by atoms with E-state index < -0.39 is 5.97 Å². The predicted octanol–water partition coefficient (Wildman–Crippen LogP) is 2.95. The Morgan fingerprint density at radius 3 is 2.87 bits per heavy atom. The smallest absolute Gasteiger partial charge is 0.303 e. The molecule has 0 radical (unpaired) electrons. The molecule has 1 fully saturated rings. The molecule has 0 saturated carbocycles. The second-order valence-electron chi connectivity index (χ2n) is 6.26. The summed E-state index contributed by atoms with van der Waals surface area (Å²) in [7, 11) is 0. The summed E-state index contributed by atoms with van der Waals surface area (Å²) in [4.78, 5) is 13.1. The van der Waals surface area contributed by atoms with Crippen LogP contribution >= 0.6 is 0 Å². The van der Waals surface area contributed by atoms with Gasteiger partial charge in [-0.2, -0.15) is 5.10 Å². The molecule has 3 rings (SSSR count). The van der Waals surface area contributed by atoms with Crippen molar-refractivity contribution in [3.8, 4) is 5.69 Å². The minimum atomic E-state index is -0.691. The first-order valence-corrected chi connectivity index (χ1v) is 8.25. The lowest BCUT2D eigenvalue weighted by atomic mass is 9.93. The number of carboxylic acids is 1. The normalized spacial score (nSPS) is 18.9. The zero-order valence-electron chi connectivity index (χ0n) is 13.3. The summed E-state index contributed by atoms with van der Waals surface area (Å²) >= 11 is 0. The third-order valence-corrected chi connectivity index (χ3v) is 4.42. The molecule has 0 amide bonds. The number of rotatable bonds is 6. The Hall–Kier alpha value is -2.14. The Morgan fingerprint density at radius 2 is 2.09 bits per heavy atom. The van der Waals surface area contributed by atoms with Crippen LogP contribution in [0.1, 0.15) is 31.4 Å². The molecule has 5 heteroatoms. The van der Waals surface area contributed by atoms with E-state index in [0.717, 1.165) is 50.3 Å². The molecule has 0 bridgehead atoms. The fourth-order valence-electron chi connectivity index (χ4n) is 3.26. The van der Waals surface area contributed by atoms with Crippen molar-refractivity contribution < 1.29 is 9.90 Å². The first-order chi connectivity index (χ1) is 11.2. The first-order valence-electron chi connectivity index (χ1n) is 8.25. The van der Waals surface area contributed by atoms with Gasteiger partial charge in [-0.3, -0.25) is 9.69 Å². The van der Waals surface area contributed by atoms with Crippen molar-refractivity contribution in [3.63, 3.8) is 0 Å². The van der Waals surface area contributed by atoms with Crippen LogP contribution < -0.4 is 0 Å². The zero-order chi connectivity index (χ0) is 16.1. The van der Waals surface area contributed by atoms with E-state index >= 15 is 0 Å². The number of hydrogen-bond acceptors (Lipinski definition) is 3. The molecular weight excluding hydrogens is 290 g/mol. The summed E-state index contributed by atoms with van der Waals surface area (Å²) in [5, 5.41) is 13.5. The third kappa shape index (κ3) is 4.42. The van der Waals surface area contributed by atoms with Crippen LogP contribution in [0.25, 0.3) is 5.69 Å². The van der Waals surface area contributed by atoms with E-state index in [0.29, 0.717) is 5.92 Å². The zero-order valence-corrected chi connectivity index (χ0v) is 13.3. The van der Waals surface area contributed by atoms with Crippen LogP contribution in [-0.4, -0.2) is 38.8 Å². The number of benzene rings is 1. The van der Waals surface area contributed by atoms with Gasteiger partial charge in [0.15, 0.2) is 0 Å². The minimum absolute atomic E-state index is 0.279. The number of carboxylic acid groups (broad SMARTS) is 1. The SMILES string of the molecule is O=C(O)CCC1CCCN(Cc2ccn(-c3ccccc3)n2)C1. The number of hydrogen-bond donors (Lipinski definition) is 1. The highest BCUT2D eigenvalue weighted by Crippen LogP contribution is 2.22. The van der Waals surface area contributed by atoms with Gasteiger partial charge in [0.05, 0.1) is 11.4 Å². The van der Waals surface area contributed by atoms with Crippen LogP contribution in [0.15, 0.2) is 42.6 Å². The Bertz CT molecular complexity index is 639. The fraction of sp³-hybridized carbons (Fsp3) is 0.444. The van der Waals surface area contributed by atoms with Gasteiger partial charge < -0.3 is 5.11 Å². The van der Waals surface area contributed by atoms with E-state index in [1.54, 1.807) is 0 Å². The number of para-hydroxylation sites is 1. The maximum Gasteiger partial charge on any atom is 0.303 e. The monoisotopic (exact) mass is 313 g/mol. The number of nitrogens with zero attached hydrogens (tertiary/aromatic N) is 3. The average Bonchev–Trinajstić information content (AvgIpc) is 3.03. The molecule has 1 aromatic heterocycles. The summed E-state index contributed by atoms with van der Waals surface area (Å²) in [6.45, 7) is 2.89. The molecule has 2 heterocycles. The van der Waals surface area contributed by atoms with Crippen molar-refractivity contribution in [2.75, 3.05) is 13.1 Å². The van der Waals surface area contributed by atoms with Gasteiger partial charge in [-0.1, -0.05) is 18.2 Å². The van der Waals surface area contributed by atoms with Crippen molar-refractivity contribution in [3.05, 3.63) is 48.3 Å². The highest BCUT2D eigenvalue weighted by atomic mass is 16.4. The second kappa shape index (κ2) is 7.42. The van der Waals surface area contributed by atoms with Gasteiger partial charge in [0.2, 0.25) is 0 Å². The molecule has 2 aromatic rings. The Morgan fingerprint density at radius 1 is 1.26 bits per heavy atom. The van der Waals surface area contributed by atoms with Gasteiger partial charge in [0.25, 0.3) is 0 Å². The quantitative estimate of drug-likeness (QED) is 0.891. The largest absolute Gasteiger partial charge is 0.481 e. The Balaban J connectivity index is 1.57. The number of aromatic nitrogens is 2. The maximum atomic E-state index is 10.7. The van der Waals surface area contributed by atoms with Crippen LogP contribution in [0, 0.1) is 5.92 Å². The van der Waals surface area contributed by atoms with Crippen LogP contribution in [-0.2, 0) is 11.3 Å². The van der Waals surface area contributed by atoms with E-state index in [-0.39, 0.29) is 6.42 Å². The van der Waals surface area contributed by atoms with Gasteiger partial charge in [0.1, 0.15) is 0 Å². The summed E-state index contributed by atoms with van der Waals surface area (Å²) in [5.41, 5.74) is 2.13. The Kier molecular flexibility index (Phi) is 5.08. The third-order valence-electron chi connectivity index (χ3n) is 4.42. The van der Waals surface area contributed by atoms with E-state index in [4.69, 9.17) is 5.11 Å². The summed E-state index contributed by atoms with van der Waals surface area (Å²) in [6, 6.07) is 12.2. The predicted molar refractivity (Wildman–Crippen MR) is 88.4 cm³/mol. The van der Waals surface area contributed by atoms with Gasteiger partial charge in [0, 0.05) is 25.7 Å². The molecule has 1 aromatic carbocycles. The number of aliphatic carboxylic acids is 1. The van der Waals surface area contributed by atoms with Crippen molar-refractivity contribution in [1.29, 1.82) is 0 Å². The molecular formula is C18H23N3O2. The molecule has 122 valence electrons. The topological polar surface area (TPSA) is 58.4 Å². The molecule has 5 nitrogen and oxygen atoms in total. The van der Waals surface area contributed by atoms with Gasteiger partial charge in [-0.25, -0.2) is 4.68 Å². The lowest BCUT2D eigenvalue weighted by molar-refractivity contribution is -0.137. The van der Waals surface area contributed by atoms with E-state index in [1.807, 2.05) is 41.2 Å². The van der Waals surface area contributed by atoms with Gasteiger partial charge in [-0.15, -0.1) is 0 Å². The summed E-state index contributed by atoms with van der Waals surface area (Å²) in [5.74, 6) is -0.195. The van der Waals surface area contributed by atoms with Gasteiger partial charge >= 0.3 is 5.97 Å². The van der Waals surface area contributed by atoms with Gasteiger partial charge in [-0.05, 0) is 49.9 Å². The maximum absolute atomic E-state index is 10.7. The number of piperidine rings is 1. The van der Waals surface area contributed by atoms with E-state index in [1.165, 1.54) is 0 Å². The van der Waals surface area contributed by atoms with Crippen molar-refractivity contribution in [2.45, 2.75) is 32.2 Å². The lowest BCUT2D eigenvalue weighted by Gasteiger charge is -2.32. The van der Waals surface area contributed by atoms with Crippen molar-refractivity contribution >= 4 is 5.97 Å². The van der Waals surface area contributed by atoms with Crippen molar-refractivity contribution in [1.82, 2.24) is 14.7 Å². The average molecular weight is 313 g/mol. The van der Waals surface area contributed by atoms with Crippen LogP contribution in [0.4, 0.5) is 0 Å². The molecule has 1 aliphatic rings.